The summed E-state index contributed by atoms with van der Waals surface area (Å²) in [7, 11) is -5.05. The normalized spacial score (nSPS) is 19.7. The lowest BCUT2D eigenvalue weighted by molar-refractivity contribution is 0.632. The van der Waals surface area contributed by atoms with Crippen LogP contribution >= 0.6 is 48.4 Å². The van der Waals surface area contributed by atoms with Crippen molar-refractivity contribution >= 4 is 107 Å². The molecule has 0 N–H and O–H groups in total. The largest absolute Gasteiger partial charge is 0.319 e. The molecule has 4 heterocycles. The highest BCUT2D eigenvalue weighted by Gasteiger charge is 2.49. The molecule has 0 amide bonds. The number of benzene rings is 15. The molecule has 117 heavy (non-hydrogen) atoms. The van der Waals surface area contributed by atoms with Crippen LogP contribution in [0.3, 0.4) is 0 Å². The highest BCUT2D eigenvalue weighted by Crippen LogP contribution is 2.80. The Balaban J connectivity index is 0.751. The van der Waals surface area contributed by atoms with E-state index in [1.807, 2.05) is 0 Å². The highest BCUT2D eigenvalue weighted by atomic mass is 31.2. The van der Waals surface area contributed by atoms with E-state index in [4.69, 9.17) is 0 Å². The average Bonchev–Trinajstić information content (AvgIpc) is 1.64. The van der Waals surface area contributed by atoms with Gasteiger partial charge in [-0.3, -0.25) is 8.88 Å². The first-order valence-electron chi connectivity index (χ1n) is 42.8. The van der Waals surface area contributed by atoms with Crippen molar-refractivity contribution in [1.29, 1.82) is 0 Å². The quantitative estimate of drug-likeness (QED) is 0.0528. The molecule has 19 rings (SSSR count). The molecule has 580 valence electrons. The lowest BCUT2D eigenvalue weighted by atomic mass is 9.91. The molecule has 9 heteroatoms. The van der Waals surface area contributed by atoms with Crippen molar-refractivity contribution in [2.45, 2.75) is 125 Å². The Kier molecular flexibility index (Phi) is 24.0. The van der Waals surface area contributed by atoms with Crippen LogP contribution in [0.25, 0.3) is 43.8 Å². The fraction of sp³-hybridized carbons (Fsp3) is 0.204. The topological polar surface area (TPSA) is 9.72 Å². The molecule has 4 aliphatic heterocycles. The van der Waals surface area contributed by atoms with Crippen molar-refractivity contribution in [3.63, 3.8) is 0 Å². The maximum Gasteiger partial charge on any atom is 0.0591 e. The highest BCUT2D eigenvalue weighted by molar-refractivity contribution is 7.86. The van der Waals surface area contributed by atoms with Crippen LogP contribution in [0.5, 0.6) is 0 Å². The molecule has 0 spiro atoms. The number of anilines is 1. The van der Waals surface area contributed by atoms with E-state index in [-0.39, 0.29) is 0 Å². The molecule has 0 saturated carbocycles. The van der Waals surface area contributed by atoms with Gasteiger partial charge < -0.3 is 4.44 Å². The van der Waals surface area contributed by atoms with E-state index in [9.17, 15) is 0 Å². The molecule has 15 aromatic carbocycles. The summed E-state index contributed by atoms with van der Waals surface area (Å²) in [6, 6.07) is 148. The summed E-state index contributed by atoms with van der Waals surface area (Å²) in [6.07, 6.45) is 12.5. The Bertz CT molecular complexity index is 5730. The number of aryl methyl sites for hydroxylation is 1. The summed E-state index contributed by atoms with van der Waals surface area (Å²) in [4.78, 5) is 0. The first-order valence-corrected chi connectivity index (χ1v) is 51.0. The third-order valence-electron chi connectivity index (χ3n) is 25.1. The summed E-state index contributed by atoms with van der Waals surface area (Å²) in [5.41, 5.74) is 22.3. The van der Waals surface area contributed by atoms with Gasteiger partial charge in [0.25, 0.3) is 0 Å². The van der Waals surface area contributed by atoms with Gasteiger partial charge in [-0.25, -0.2) is 0 Å². The number of fused-ring (bicyclic) bond motifs is 5. The molecule has 0 aromatic heterocycles. The van der Waals surface area contributed by atoms with Gasteiger partial charge in [-0.2, -0.15) is 0 Å². The fourth-order valence-corrected chi connectivity index (χ4v) is 42.0. The number of rotatable bonds is 25. The van der Waals surface area contributed by atoms with Crippen LogP contribution in [0.15, 0.2) is 376 Å². The van der Waals surface area contributed by atoms with Gasteiger partial charge in [0, 0.05) is 87.4 Å². The van der Waals surface area contributed by atoms with Crippen molar-refractivity contribution in [1.82, 2.24) is 8.88 Å². The molecule has 0 aliphatic carbocycles. The molecular formula is C108H103N3P6. The van der Waals surface area contributed by atoms with Gasteiger partial charge >= 0.3 is 0 Å². The minimum Gasteiger partial charge on any atom is -0.319 e. The van der Waals surface area contributed by atoms with Crippen molar-refractivity contribution in [3.05, 3.63) is 426 Å². The zero-order valence-corrected chi connectivity index (χ0v) is 72.8. The summed E-state index contributed by atoms with van der Waals surface area (Å²) in [5.74, 6) is 0. The van der Waals surface area contributed by atoms with Gasteiger partial charge in [0.2, 0.25) is 0 Å². The van der Waals surface area contributed by atoms with Crippen LogP contribution in [0.2, 0.25) is 0 Å². The summed E-state index contributed by atoms with van der Waals surface area (Å²) in [6.45, 7) is 9.15. The Labute approximate surface area is 702 Å². The van der Waals surface area contributed by atoms with Crippen LogP contribution < -0.4 is 36.3 Å². The van der Waals surface area contributed by atoms with Gasteiger partial charge in [0.05, 0.1) is 13.8 Å². The van der Waals surface area contributed by atoms with Crippen molar-refractivity contribution in [2.24, 2.45) is 0 Å². The Morgan fingerprint density at radius 2 is 0.735 bits per heavy atom. The van der Waals surface area contributed by atoms with Crippen LogP contribution in [0.4, 0.5) is 5.69 Å². The first-order chi connectivity index (χ1) is 57.9. The van der Waals surface area contributed by atoms with Crippen LogP contribution in [-0.2, 0) is 6.42 Å². The number of nitrogens with zero attached hydrogens (tertiary/aromatic N) is 3. The van der Waals surface area contributed by atoms with Crippen molar-refractivity contribution in [3.8, 4) is 22.3 Å². The number of para-hydroxylation sites is 1. The second-order valence-corrected chi connectivity index (χ2v) is 47.0. The third kappa shape index (κ3) is 16.1. The summed E-state index contributed by atoms with van der Waals surface area (Å²) in [5, 5.41) is 13.9. The Morgan fingerprint density at radius 1 is 0.325 bits per heavy atom. The lowest BCUT2D eigenvalue weighted by Crippen LogP contribution is -2.31. The molecule has 3 fully saturated rings. The van der Waals surface area contributed by atoms with Gasteiger partial charge in [-0.1, -0.05) is 384 Å². The predicted octanol–water partition coefficient (Wildman–Crippen LogP) is 29.3. The van der Waals surface area contributed by atoms with Crippen LogP contribution in [-0.4, -0.2) is 22.0 Å². The second-order valence-electron chi connectivity index (χ2n) is 32.4. The van der Waals surface area contributed by atoms with Gasteiger partial charge in [0.15, 0.2) is 0 Å². The maximum absolute atomic E-state index is 3.12. The molecule has 0 radical (unpaired) electrons. The summed E-state index contributed by atoms with van der Waals surface area (Å²) < 4.78 is 9.26. The molecule has 3 saturated heterocycles. The number of hydrogen-bond acceptors (Lipinski definition) is 3. The molecule has 0 bridgehead atoms. The van der Waals surface area contributed by atoms with Crippen molar-refractivity contribution in [2.75, 3.05) is 17.5 Å². The zero-order valence-electron chi connectivity index (χ0n) is 67.5. The molecule has 4 aliphatic rings. The predicted molar refractivity (Wildman–Crippen MR) is 513 cm³/mol. The smallest absolute Gasteiger partial charge is 0.0591 e. The Hall–Kier alpha value is -8.88. The van der Waals surface area contributed by atoms with E-state index in [2.05, 4.69) is 410 Å². The van der Waals surface area contributed by atoms with Gasteiger partial charge in [-0.05, 0) is 209 Å². The molecule has 9 atom stereocenters. The van der Waals surface area contributed by atoms with Crippen LogP contribution in [0.1, 0.15) is 162 Å². The lowest BCUT2D eigenvalue weighted by Gasteiger charge is -2.47. The third-order valence-corrected chi connectivity index (χ3v) is 44.5. The minimum absolute atomic E-state index is 0.350. The standard InChI is InChI=1S/C108H103N3P6/c1-4-6-72-109(112(93-42-22-12-23-43-93)94-44-24-13-25-45-94)116-104(86-54-50-79(3)51-55-86)68-71-107(116)92-59-58-90(74-80-52-62-95(63-53-80)114-108-49-31-29-47-99(108)98-46-28-30-48-101(98)111(114)117-105(84-37-18-10-19-38-84)69-70-106(117)85-39-20-11-21-40-85)100(78-92)91-57-56-89-77-97(65-61-88(89)75-91)113(96-64-60-81-32-26-27-41-87(81)76-96)110(73-7-5-2)115-102(82-33-14-8-15-34-82)66-67-103(115)83-35-16-9-17-36-83/h8-65,75-78,102-107H,4-7,66-74H2,1-3H3/t102-,103-,104-,105-,106-,107-,113?,114?,116?/m0/s1. The summed E-state index contributed by atoms with van der Waals surface area (Å²) >= 11 is 0. The molecule has 3 unspecified atom stereocenters. The SMILES string of the molecule is CCCCN(P(c1ccccc1)c1ccccc1)P1[C@H](c2ccc(C)cc2)CC[C@H]1c1ccc(Cc2ccc(P3c4ccccc4-c4ccccc4N3P3[C@H](c4ccccc4)CC[C@H]3c3ccccc3)cc2)c(-c2ccc3cc(P(c4ccc5ccccc5c4)N(CCCC)P4[C@H](c5ccccc5)CC[C@H]4c4ccccc4)ccc3c2)c1. The van der Waals surface area contributed by atoms with E-state index in [1.54, 1.807) is 0 Å². The van der Waals surface area contributed by atoms with Gasteiger partial charge in [-0.15, -0.1) is 0 Å². The monoisotopic (exact) mass is 1630 g/mol. The second kappa shape index (κ2) is 36.0. The fourth-order valence-electron chi connectivity index (χ4n) is 19.4. The molecular weight excluding hydrogens is 1530 g/mol. The average molecular weight is 1630 g/mol. The number of hydrogen-bond donors (Lipinski definition) is 0. The zero-order chi connectivity index (χ0) is 78.5. The molecule has 15 aromatic rings. The van der Waals surface area contributed by atoms with Crippen molar-refractivity contribution < 1.29 is 0 Å². The number of unbranched alkanes of at least 4 members (excludes halogenated alkanes) is 2. The van der Waals surface area contributed by atoms with E-state index < -0.39 is 48.4 Å². The molecule has 3 nitrogen and oxygen atoms in total. The van der Waals surface area contributed by atoms with E-state index in [1.165, 1.54) is 157 Å². The van der Waals surface area contributed by atoms with E-state index >= 15 is 0 Å². The van der Waals surface area contributed by atoms with Gasteiger partial charge in [0.1, 0.15) is 0 Å². The Morgan fingerprint density at radius 3 is 1.28 bits per heavy atom. The van der Waals surface area contributed by atoms with Crippen LogP contribution in [0, 0.1) is 6.92 Å². The van der Waals surface area contributed by atoms with E-state index in [0.717, 1.165) is 58.0 Å². The maximum atomic E-state index is 3.12. The first kappa shape index (κ1) is 78.0. The van der Waals surface area contributed by atoms with E-state index in [0.29, 0.717) is 34.0 Å². The minimum atomic E-state index is -0.990.